The fraction of sp³-hybridized carbons (Fsp3) is 0.267. The lowest BCUT2D eigenvalue weighted by molar-refractivity contribution is -0.0180. The fourth-order valence-corrected chi connectivity index (χ4v) is 2.34. The van der Waals surface area contributed by atoms with Crippen LogP contribution in [-0.4, -0.2) is 22.7 Å². The van der Waals surface area contributed by atoms with Gasteiger partial charge in [-0.25, -0.2) is 9.78 Å². The number of rotatable bonds is 3. The first-order chi connectivity index (χ1) is 10.6. The van der Waals surface area contributed by atoms with Gasteiger partial charge in [0, 0.05) is 22.3 Å². The average molecular weight is 321 g/mol. The van der Waals surface area contributed by atoms with Crippen LogP contribution in [0.3, 0.4) is 0 Å². The Labute approximate surface area is 132 Å². The van der Waals surface area contributed by atoms with Crippen molar-refractivity contribution in [2.75, 3.05) is 6.79 Å². The molecule has 0 unspecified atom stereocenters. The Bertz CT molecular complexity index is 703. The fourth-order valence-electron chi connectivity index (χ4n) is 2.08. The number of aromatic nitrogens is 2. The number of nitrogens with zero attached hydrogens (tertiary/aromatic N) is 2. The lowest BCUT2D eigenvalue weighted by atomic mass is 10.1. The molecule has 0 N–H and O–H groups in total. The molecule has 2 heterocycles. The molecule has 1 aliphatic rings. The van der Waals surface area contributed by atoms with Crippen molar-refractivity contribution < 1.29 is 19.0 Å². The smallest absolute Gasteiger partial charge is 0.358 e. The number of hydrogen-bond donors (Lipinski definition) is 0. The summed E-state index contributed by atoms with van der Waals surface area (Å²) in [6, 6.07) is 3.48. The molecule has 0 saturated carbocycles. The molecule has 0 amide bonds. The minimum absolute atomic E-state index is 0.0390. The third-order valence-electron chi connectivity index (χ3n) is 3.10. The molecule has 0 atom stereocenters. The minimum Gasteiger partial charge on any atom is -0.467 e. The number of carbonyl (C=O) groups excluding carboxylic acids is 1. The van der Waals surface area contributed by atoms with Gasteiger partial charge in [0.05, 0.1) is 18.5 Å². The van der Waals surface area contributed by atoms with Crippen LogP contribution in [0, 0.1) is 6.92 Å². The van der Waals surface area contributed by atoms with Crippen molar-refractivity contribution in [2.45, 2.75) is 20.1 Å². The van der Waals surface area contributed by atoms with Gasteiger partial charge in [0.25, 0.3) is 0 Å². The van der Waals surface area contributed by atoms with Crippen LogP contribution >= 0.6 is 11.6 Å². The molecule has 0 bridgehead atoms. The van der Waals surface area contributed by atoms with E-state index in [1.165, 1.54) is 12.4 Å². The second-order valence-corrected chi connectivity index (χ2v) is 5.22. The SMILES string of the molecule is Cc1cnc(C(=O)OCc2cc(Cl)cc3c2OCOC3)cn1. The molecule has 1 aromatic carbocycles. The Morgan fingerprint density at radius 2 is 2.23 bits per heavy atom. The molecule has 0 radical (unpaired) electrons. The van der Waals surface area contributed by atoms with Gasteiger partial charge in [-0.15, -0.1) is 0 Å². The van der Waals surface area contributed by atoms with Crippen molar-refractivity contribution in [3.05, 3.63) is 52.1 Å². The van der Waals surface area contributed by atoms with Crippen molar-refractivity contribution in [1.29, 1.82) is 0 Å². The van der Waals surface area contributed by atoms with Crippen molar-refractivity contribution in [2.24, 2.45) is 0 Å². The molecule has 1 aliphatic heterocycles. The van der Waals surface area contributed by atoms with Crippen LogP contribution in [0.5, 0.6) is 5.75 Å². The second kappa shape index (κ2) is 6.29. The molecular formula is C15H13ClN2O4. The normalized spacial score (nSPS) is 13.2. The molecule has 7 heteroatoms. The predicted octanol–water partition coefficient (Wildman–Crippen LogP) is 2.66. The zero-order valence-electron chi connectivity index (χ0n) is 11.8. The van der Waals surface area contributed by atoms with Gasteiger partial charge in [-0.3, -0.25) is 4.98 Å². The monoisotopic (exact) mass is 320 g/mol. The number of aryl methyl sites for hydroxylation is 1. The van der Waals surface area contributed by atoms with E-state index in [2.05, 4.69) is 9.97 Å². The number of hydrogen-bond acceptors (Lipinski definition) is 6. The molecule has 0 saturated heterocycles. The van der Waals surface area contributed by atoms with Crippen molar-refractivity contribution in [1.82, 2.24) is 9.97 Å². The Balaban J connectivity index is 1.75. The number of ether oxygens (including phenoxy) is 3. The van der Waals surface area contributed by atoms with Gasteiger partial charge < -0.3 is 14.2 Å². The number of halogens is 1. The molecule has 0 fully saturated rings. The summed E-state index contributed by atoms with van der Waals surface area (Å²) in [6.45, 7) is 2.41. The van der Waals surface area contributed by atoms with Crippen LogP contribution in [0.25, 0.3) is 0 Å². The summed E-state index contributed by atoms with van der Waals surface area (Å²) >= 11 is 6.06. The standard InChI is InChI=1S/C15H13ClN2O4/c1-9-4-18-13(5-17-9)15(19)21-7-11-3-12(16)2-10-6-20-8-22-14(10)11/h2-5H,6-8H2,1H3. The van der Waals surface area contributed by atoms with E-state index < -0.39 is 5.97 Å². The van der Waals surface area contributed by atoms with Crippen LogP contribution in [0.4, 0.5) is 0 Å². The highest BCUT2D eigenvalue weighted by molar-refractivity contribution is 6.30. The largest absolute Gasteiger partial charge is 0.467 e. The minimum atomic E-state index is -0.548. The van der Waals surface area contributed by atoms with Gasteiger partial charge in [-0.1, -0.05) is 11.6 Å². The zero-order chi connectivity index (χ0) is 15.5. The number of benzene rings is 1. The van der Waals surface area contributed by atoms with Gasteiger partial charge in [0.1, 0.15) is 12.4 Å². The van der Waals surface area contributed by atoms with E-state index in [-0.39, 0.29) is 19.1 Å². The van der Waals surface area contributed by atoms with E-state index in [1.807, 2.05) is 0 Å². The maximum absolute atomic E-state index is 12.0. The van der Waals surface area contributed by atoms with Crippen LogP contribution in [0.1, 0.15) is 27.3 Å². The summed E-state index contributed by atoms with van der Waals surface area (Å²) < 4.78 is 15.9. The summed E-state index contributed by atoms with van der Waals surface area (Å²) in [5, 5.41) is 0.536. The maximum Gasteiger partial charge on any atom is 0.358 e. The number of fused-ring (bicyclic) bond motifs is 1. The van der Waals surface area contributed by atoms with Crippen molar-refractivity contribution in [3.8, 4) is 5.75 Å². The van der Waals surface area contributed by atoms with Gasteiger partial charge in [0.2, 0.25) is 0 Å². The van der Waals surface area contributed by atoms with Crippen LogP contribution < -0.4 is 4.74 Å². The lowest BCUT2D eigenvalue weighted by Gasteiger charge is -2.21. The summed E-state index contributed by atoms with van der Waals surface area (Å²) in [5.41, 5.74) is 2.42. The number of carbonyl (C=O) groups is 1. The van der Waals surface area contributed by atoms with Gasteiger partial charge in [0.15, 0.2) is 12.5 Å². The van der Waals surface area contributed by atoms with Crippen LogP contribution in [-0.2, 0) is 22.7 Å². The van der Waals surface area contributed by atoms with E-state index in [0.717, 1.165) is 11.3 Å². The Morgan fingerprint density at radius 3 is 3.00 bits per heavy atom. The molecular weight excluding hydrogens is 308 g/mol. The maximum atomic E-state index is 12.0. The molecule has 1 aromatic heterocycles. The summed E-state index contributed by atoms with van der Waals surface area (Å²) in [7, 11) is 0. The Morgan fingerprint density at radius 1 is 1.36 bits per heavy atom. The molecule has 3 rings (SSSR count). The molecule has 0 aliphatic carbocycles. The molecule has 6 nitrogen and oxygen atoms in total. The van der Waals surface area contributed by atoms with E-state index in [0.29, 0.717) is 22.9 Å². The topological polar surface area (TPSA) is 70.5 Å². The van der Waals surface area contributed by atoms with Gasteiger partial charge in [-0.05, 0) is 19.1 Å². The highest BCUT2D eigenvalue weighted by Gasteiger charge is 2.18. The highest BCUT2D eigenvalue weighted by atomic mass is 35.5. The molecule has 114 valence electrons. The quantitative estimate of drug-likeness (QED) is 0.810. The average Bonchev–Trinajstić information content (AvgIpc) is 2.52. The summed E-state index contributed by atoms with van der Waals surface area (Å²) in [5.74, 6) is 0.103. The van der Waals surface area contributed by atoms with Gasteiger partial charge >= 0.3 is 5.97 Å². The molecule has 2 aromatic rings. The second-order valence-electron chi connectivity index (χ2n) is 4.78. The van der Waals surface area contributed by atoms with E-state index in [9.17, 15) is 4.79 Å². The molecule has 0 spiro atoms. The number of esters is 1. The summed E-state index contributed by atoms with van der Waals surface area (Å²) in [4.78, 5) is 20.0. The van der Waals surface area contributed by atoms with Gasteiger partial charge in [-0.2, -0.15) is 0 Å². The first-order valence-electron chi connectivity index (χ1n) is 6.61. The van der Waals surface area contributed by atoms with Crippen LogP contribution in [0.15, 0.2) is 24.5 Å². The Hall–Kier alpha value is -2.18. The summed E-state index contributed by atoms with van der Waals surface area (Å²) in [6.07, 6.45) is 2.90. The first-order valence-corrected chi connectivity index (χ1v) is 6.99. The van der Waals surface area contributed by atoms with E-state index >= 15 is 0 Å². The lowest BCUT2D eigenvalue weighted by Crippen LogP contribution is -2.14. The molecule has 22 heavy (non-hydrogen) atoms. The van der Waals surface area contributed by atoms with E-state index in [1.54, 1.807) is 19.1 Å². The first kappa shape index (κ1) is 14.7. The third-order valence-corrected chi connectivity index (χ3v) is 3.32. The highest BCUT2D eigenvalue weighted by Crippen LogP contribution is 2.32. The Kier molecular flexibility index (Phi) is 4.22. The van der Waals surface area contributed by atoms with Crippen molar-refractivity contribution >= 4 is 17.6 Å². The zero-order valence-corrected chi connectivity index (χ0v) is 12.6. The van der Waals surface area contributed by atoms with Crippen molar-refractivity contribution in [3.63, 3.8) is 0 Å². The van der Waals surface area contributed by atoms with E-state index in [4.69, 9.17) is 25.8 Å². The third kappa shape index (κ3) is 3.18. The predicted molar refractivity (Wildman–Crippen MR) is 77.6 cm³/mol. The van der Waals surface area contributed by atoms with Crippen LogP contribution in [0.2, 0.25) is 5.02 Å².